The van der Waals surface area contributed by atoms with E-state index in [2.05, 4.69) is 5.32 Å². The average Bonchev–Trinajstić information content (AvgIpc) is 3.60. The van der Waals surface area contributed by atoms with Crippen LogP contribution in [0.1, 0.15) is 16.6 Å². The summed E-state index contributed by atoms with van der Waals surface area (Å²) in [5.41, 5.74) is 0.653. The summed E-state index contributed by atoms with van der Waals surface area (Å²) in [6.45, 7) is -0.329. The monoisotopic (exact) mass is 603 g/mol. The van der Waals surface area contributed by atoms with Crippen LogP contribution in [-0.2, 0) is 20.9 Å². The zero-order chi connectivity index (χ0) is 27.4. The van der Waals surface area contributed by atoms with Crippen LogP contribution < -0.4 is 15.1 Å². The van der Waals surface area contributed by atoms with Gasteiger partial charge in [-0.25, -0.2) is 9.29 Å². The van der Waals surface area contributed by atoms with Crippen LogP contribution >= 0.6 is 46.3 Å². The van der Waals surface area contributed by atoms with E-state index in [-0.39, 0.29) is 17.3 Å². The standard InChI is InChI=1S/C26H16Cl2FN3O5S2/c27-15-8-5-13(10-16(15)28)30-18(33)11-31-25-22(39-26(31)36)19(17-2-1-9-37-17)20-21(38-25)24(35)32(23(20)34)14-6-3-12(29)4-7-14/h1-10,19-21H,11H2,(H,30,33)/t19-,20-,21+/m0/s1. The lowest BCUT2D eigenvalue weighted by Gasteiger charge is -2.29. The zero-order valence-electron chi connectivity index (χ0n) is 19.6. The molecule has 39 heavy (non-hydrogen) atoms. The van der Waals surface area contributed by atoms with Crippen molar-refractivity contribution >= 4 is 75.4 Å². The van der Waals surface area contributed by atoms with Crippen molar-refractivity contribution in [1.82, 2.24) is 4.57 Å². The quantitative estimate of drug-likeness (QED) is 0.307. The van der Waals surface area contributed by atoms with Gasteiger partial charge >= 0.3 is 4.87 Å². The molecule has 0 unspecified atom stereocenters. The molecule has 8 nitrogen and oxygen atoms in total. The molecule has 0 spiro atoms. The first-order valence-corrected chi connectivity index (χ1v) is 14.0. The Hall–Kier alpha value is -3.38. The number of nitrogens with one attached hydrogen (secondary N) is 1. The maximum Gasteiger partial charge on any atom is 0.308 e. The van der Waals surface area contributed by atoms with E-state index < -0.39 is 45.5 Å². The number of carbonyl (C=O) groups is 3. The predicted octanol–water partition coefficient (Wildman–Crippen LogP) is 5.38. The summed E-state index contributed by atoms with van der Waals surface area (Å²) >= 11 is 13.9. The molecule has 2 aliphatic heterocycles. The minimum absolute atomic E-state index is 0.251. The van der Waals surface area contributed by atoms with E-state index >= 15 is 0 Å². The third-order valence-electron chi connectivity index (χ3n) is 6.49. The van der Waals surface area contributed by atoms with Crippen LogP contribution in [-0.4, -0.2) is 27.5 Å². The van der Waals surface area contributed by atoms with Crippen LogP contribution in [0.2, 0.25) is 10.0 Å². The van der Waals surface area contributed by atoms with E-state index in [0.717, 1.165) is 28.0 Å². The van der Waals surface area contributed by atoms with Gasteiger partial charge in [0.2, 0.25) is 17.7 Å². The van der Waals surface area contributed by atoms with E-state index in [1.165, 1.54) is 47.2 Å². The summed E-state index contributed by atoms with van der Waals surface area (Å²) in [5, 5.41) is 2.81. The third-order valence-corrected chi connectivity index (χ3v) is 9.83. The van der Waals surface area contributed by atoms with E-state index in [4.69, 9.17) is 27.6 Å². The number of hydrogen-bond acceptors (Lipinski definition) is 7. The smallest absolute Gasteiger partial charge is 0.308 e. The summed E-state index contributed by atoms with van der Waals surface area (Å²) in [4.78, 5) is 54.4. The maximum atomic E-state index is 13.7. The number of aromatic nitrogens is 1. The third kappa shape index (κ3) is 4.49. The van der Waals surface area contributed by atoms with Gasteiger partial charge in [-0.15, -0.1) is 0 Å². The highest BCUT2D eigenvalue weighted by molar-refractivity contribution is 8.00. The fraction of sp³-hybridized carbons (Fsp3) is 0.154. The fourth-order valence-corrected chi connectivity index (χ4v) is 7.84. The number of benzene rings is 2. The van der Waals surface area contributed by atoms with Crippen molar-refractivity contribution in [2.75, 3.05) is 10.2 Å². The Morgan fingerprint density at radius 3 is 2.49 bits per heavy atom. The van der Waals surface area contributed by atoms with Crippen molar-refractivity contribution in [3.8, 4) is 0 Å². The number of rotatable bonds is 5. The van der Waals surface area contributed by atoms with Gasteiger partial charge in [0, 0.05) is 5.69 Å². The number of thiazole rings is 1. The molecule has 6 rings (SSSR count). The van der Waals surface area contributed by atoms with Crippen LogP contribution in [0.3, 0.4) is 0 Å². The normalized spacial score (nSPS) is 20.2. The molecule has 0 radical (unpaired) electrons. The SMILES string of the molecule is O=C(Cn1c2c(sc1=O)[C@@H](c1ccco1)[C@@H]1C(=O)N(c3ccc(F)cc3)C(=O)[C@@H]1S2)Nc1ccc(Cl)c(Cl)c1. The van der Waals surface area contributed by atoms with Crippen molar-refractivity contribution in [2.45, 2.75) is 22.7 Å². The molecular formula is C26H16Cl2FN3O5S2. The Bertz CT molecular complexity index is 1690. The van der Waals surface area contributed by atoms with E-state index in [1.54, 1.807) is 18.2 Å². The number of imide groups is 1. The van der Waals surface area contributed by atoms with Gasteiger partial charge in [0.25, 0.3) is 0 Å². The number of furan rings is 1. The number of nitrogens with zero attached hydrogens (tertiary/aromatic N) is 2. The lowest BCUT2D eigenvalue weighted by Crippen LogP contribution is -2.32. The number of halogens is 3. The highest BCUT2D eigenvalue weighted by Crippen LogP contribution is 2.53. The molecule has 0 aliphatic carbocycles. The predicted molar refractivity (Wildman–Crippen MR) is 146 cm³/mol. The number of fused-ring (bicyclic) bond motifs is 2. The Labute approximate surface area is 238 Å². The Balaban J connectivity index is 1.37. The van der Waals surface area contributed by atoms with Crippen molar-refractivity contribution in [3.63, 3.8) is 0 Å². The number of thioether (sulfide) groups is 1. The molecule has 4 aromatic rings. The summed E-state index contributed by atoms with van der Waals surface area (Å²) in [6.07, 6.45) is 1.45. The Morgan fingerprint density at radius 1 is 1.03 bits per heavy atom. The van der Waals surface area contributed by atoms with Crippen molar-refractivity contribution in [1.29, 1.82) is 0 Å². The van der Waals surface area contributed by atoms with Crippen LogP contribution in [0.25, 0.3) is 0 Å². The fourth-order valence-electron chi connectivity index (χ4n) is 4.79. The van der Waals surface area contributed by atoms with E-state index in [0.29, 0.717) is 26.4 Å². The van der Waals surface area contributed by atoms with Crippen molar-refractivity contribution in [3.05, 3.63) is 97.0 Å². The largest absolute Gasteiger partial charge is 0.469 e. The summed E-state index contributed by atoms with van der Waals surface area (Å²) in [5.74, 6) is -3.11. The molecule has 4 heterocycles. The van der Waals surface area contributed by atoms with Gasteiger partial charge in [-0.1, -0.05) is 46.3 Å². The molecule has 198 valence electrons. The second-order valence-electron chi connectivity index (χ2n) is 8.85. The topological polar surface area (TPSA) is 102 Å². The first-order chi connectivity index (χ1) is 18.7. The number of anilines is 2. The second kappa shape index (κ2) is 9.98. The minimum atomic E-state index is -0.886. The molecule has 0 saturated carbocycles. The summed E-state index contributed by atoms with van der Waals surface area (Å²) in [6, 6.07) is 13.1. The lowest BCUT2D eigenvalue weighted by atomic mass is 9.87. The summed E-state index contributed by atoms with van der Waals surface area (Å²) in [7, 11) is 0. The average molecular weight is 604 g/mol. The van der Waals surface area contributed by atoms with Gasteiger partial charge in [-0.05, 0) is 54.6 Å². The molecule has 3 amide bonds. The van der Waals surface area contributed by atoms with Gasteiger partial charge in [0.05, 0.1) is 43.7 Å². The molecule has 1 saturated heterocycles. The van der Waals surface area contributed by atoms with Gasteiger partial charge in [-0.2, -0.15) is 0 Å². The first-order valence-electron chi connectivity index (χ1n) is 11.5. The van der Waals surface area contributed by atoms with Crippen LogP contribution in [0.15, 0.2) is 75.1 Å². The van der Waals surface area contributed by atoms with E-state index in [9.17, 15) is 23.6 Å². The van der Waals surface area contributed by atoms with Gasteiger partial charge in [0.15, 0.2) is 0 Å². The van der Waals surface area contributed by atoms with Gasteiger partial charge < -0.3 is 9.73 Å². The van der Waals surface area contributed by atoms with E-state index in [1.807, 2.05) is 0 Å². The molecule has 1 fully saturated rings. The van der Waals surface area contributed by atoms with Crippen LogP contribution in [0.4, 0.5) is 15.8 Å². The molecule has 2 aliphatic rings. The molecule has 13 heteroatoms. The lowest BCUT2D eigenvalue weighted by molar-refractivity contribution is -0.122. The first kappa shape index (κ1) is 25.9. The Morgan fingerprint density at radius 2 is 1.79 bits per heavy atom. The highest BCUT2D eigenvalue weighted by atomic mass is 35.5. The number of hydrogen-bond donors (Lipinski definition) is 1. The number of amides is 3. The van der Waals surface area contributed by atoms with Crippen LogP contribution in [0, 0.1) is 11.7 Å². The second-order valence-corrected chi connectivity index (χ2v) is 11.8. The summed E-state index contributed by atoms with van der Waals surface area (Å²) < 4.78 is 20.5. The molecule has 2 aromatic heterocycles. The number of carbonyl (C=O) groups excluding carboxylic acids is 3. The molecule has 2 aromatic carbocycles. The molecule has 3 atom stereocenters. The molecule has 1 N–H and O–H groups in total. The van der Waals surface area contributed by atoms with Crippen LogP contribution in [0.5, 0.6) is 0 Å². The molecule has 0 bridgehead atoms. The van der Waals surface area contributed by atoms with Crippen molar-refractivity contribution in [2.24, 2.45) is 5.92 Å². The minimum Gasteiger partial charge on any atom is -0.469 e. The molecular weight excluding hydrogens is 588 g/mol. The van der Waals surface area contributed by atoms with Gasteiger partial charge in [0.1, 0.15) is 23.4 Å². The van der Waals surface area contributed by atoms with Gasteiger partial charge in [-0.3, -0.25) is 23.7 Å². The maximum absolute atomic E-state index is 13.7. The zero-order valence-corrected chi connectivity index (χ0v) is 22.7. The van der Waals surface area contributed by atoms with Crippen molar-refractivity contribution < 1.29 is 23.2 Å². The Kier molecular flexibility index (Phi) is 6.62. The highest BCUT2D eigenvalue weighted by Gasteiger charge is 2.57.